The van der Waals surface area contributed by atoms with Crippen molar-refractivity contribution < 1.29 is 9.53 Å². The van der Waals surface area contributed by atoms with Crippen LogP contribution >= 0.6 is 0 Å². The zero-order chi connectivity index (χ0) is 17.5. The number of nitrogens with one attached hydrogen (secondary N) is 1. The predicted octanol–water partition coefficient (Wildman–Crippen LogP) is 1.88. The average molecular weight is 343 g/mol. The summed E-state index contributed by atoms with van der Waals surface area (Å²) >= 11 is 0. The van der Waals surface area contributed by atoms with Gasteiger partial charge in [-0.25, -0.2) is 4.79 Å². The van der Waals surface area contributed by atoms with Crippen LogP contribution < -0.4 is 5.32 Å². The Morgan fingerprint density at radius 1 is 1.20 bits per heavy atom. The van der Waals surface area contributed by atoms with Crippen LogP contribution in [0.1, 0.15) is 5.56 Å². The quantitative estimate of drug-likeness (QED) is 0.870. The number of hydrogen-bond donors (Lipinski definition) is 1. The number of carbonyl (C=O) groups excluding carboxylic acids is 1. The zero-order valence-corrected chi connectivity index (χ0v) is 14.6. The van der Waals surface area contributed by atoms with Crippen molar-refractivity contribution in [3.8, 4) is 0 Å². The number of hydrogen-bond acceptors (Lipinski definition) is 4. The van der Waals surface area contributed by atoms with Gasteiger partial charge in [0.1, 0.15) is 0 Å². The van der Waals surface area contributed by atoms with E-state index in [1.165, 1.54) is 5.56 Å². The fourth-order valence-electron chi connectivity index (χ4n) is 2.89. The summed E-state index contributed by atoms with van der Waals surface area (Å²) in [6, 6.07) is 10.4. The standard InChI is InChI=1S/C18H25N5O2/c1-25-12-11-23-15-17(13-19-23)20-18(24)22-9-7-21(8-10-22)14-16-5-3-2-4-6-16/h2-6,13,15H,7-12,14H2,1H3,(H,20,24). The van der Waals surface area contributed by atoms with E-state index in [1.54, 1.807) is 18.0 Å². The van der Waals surface area contributed by atoms with Crippen molar-refractivity contribution in [3.63, 3.8) is 0 Å². The smallest absolute Gasteiger partial charge is 0.322 e. The minimum Gasteiger partial charge on any atom is -0.383 e. The maximum atomic E-state index is 12.4. The van der Waals surface area contributed by atoms with Crippen molar-refractivity contribution >= 4 is 11.7 Å². The second kappa shape index (κ2) is 8.64. The Morgan fingerprint density at radius 2 is 1.96 bits per heavy atom. The van der Waals surface area contributed by atoms with Crippen LogP contribution in [0.5, 0.6) is 0 Å². The van der Waals surface area contributed by atoms with Gasteiger partial charge >= 0.3 is 6.03 Å². The fourth-order valence-corrected chi connectivity index (χ4v) is 2.89. The molecule has 134 valence electrons. The second-order valence-electron chi connectivity index (χ2n) is 6.16. The molecule has 1 aliphatic heterocycles. The number of rotatable bonds is 6. The lowest BCUT2D eigenvalue weighted by Gasteiger charge is -2.34. The molecular weight excluding hydrogens is 318 g/mol. The summed E-state index contributed by atoms with van der Waals surface area (Å²) < 4.78 is 6.78. The monoisotopic (exact) mass is 343 g/mol. The van der Waals surface area contributed by atoms with Gasteiger partial charge in [-0.05, 0) is 5.56 Å². The molecule has 0 spiro atoms. The minimum absolute atomic E-state index is 0.0642. The predicted molar refractivity (Wildman–Crippen MR) is 96.4 cm³/mol. The van der Waals surface area contributed by atoms with Crippen LogP contribution in [0.25, 0.3) is 0 Å². The third kappa shape index (κ3) is 5.04. The number of benzene rings is 1. The molecule has 0 bridgehead atoms. The number of ether oxygens (including phenoxy) is 1. The number of methoxy groups -OCH3 is 1. The topological polar surface area (TPSA) is 62.6 Å². The molecule has 0 atom stereocenters. The molecule has 7 nitrogen and oxygen atoms in total. The third-order valence-corrected chi connectivity index (χ3v) is 4.32. The number of urea groups is 1. The molecule has 1 fully saturated rings. The molecular formula is C18H25N5O2. The van der Waals surface area contributed by atoms with Gasteiger partial charge in [-0.1, -0.05) is 30.3 Å². The molecule has 2 amide bonds. The molecule has 2 heterocycles. The van der Waals surface area contributed by atoms with Gasteiger partial charge in [-0.3, -0.25) is 9.58 Å². The van der Waals surface area contributed by atoms with Gasteiger partial charge in [0.2, 0.25) is 0 Å². The van der Waals surface area contributed by atoms with Crippen LogP contribution in [0.15, 0.2) is 42.7 Å². The summed E-state index contributed by atoms with van der Waals surface area (Å²) in [5, 5.41) is 7.12. The SMILES string of the molecule is COCCn1cc(NC(=O)N2CCN(Cc3ccccc3)CC2)cn1. The van der Waals surface area contributed by atoms with Crippen LogP contribution in [0, 0.1) is 0 Å². The largest absolute Gasteiger partial charge is 0.383 e. The first-order valence-corrected chi connectivity index (χ1v) is 8.58. The summed E-state index contributed by atoms with van der Waals surface area (Å²) in [5.41, 5.74) is 2.02. The van der Waals surface area contributed by atoms with E-state index in [2.05, 4.69) is 39.6 Å². The number of aromatic nitrogens is 2. The number of piperazine rings is 1. The summed E-state index contributed by atoms with van der Waals surface area (Å²) in [4.78, 5) is 16.6. The summed E-state index contributed by atoms with van der Waals surface area (Å²) in [6.45, 7) is 5.43. The van der Waals surface area contributed by atoms with Gasteiger partial charge in [0.25, 0.3) is 0 Å². The van der Waals surface area contributed by atoms with E-state index in [1.807, 2.05) is 17.2 Å². The van der Waals surface area contributed by atoms with Gasteiger partial charge in [0.15, 0.2) is 0 Å². The highest BCUT2D eigenvalue weighted by molar-refractivity contribution is 5.89. The summed E-state index contributed by atoms with van der Waals surface area (Å²) in [5.74, 6) is 0. The lowest BCUT2D eigenvalue weighted by Crippen LogP contribution is -2.49. The molecule has 0 saturated carbocycles. The molecule has 25 heavy (non-hydrogen) atoms. The van der Waals surface area contributed by atoms with E-state index >= 15 is 0 Å². The van der Waals surface area contributed by atoms with E-state index in [4.69, 9.17) is 4.74 Å². The van der Waals surface area contributed by atoms with Crippen molar-refractivity contribution in [3.05, 3.63) is 48.3 Å². The summed E-state index contributed by atoms with van der Waals surface area (Å²) in [7, 11) is 1.66. The van der Waals surface area contributed by atoms with Crippen LogP contribution in [-0.4, -0.2) is 65.5 Å². The molecule has 7 heteroatoms. The van der Waals surface area contributed by atoms with Gasteiger partial charge in [-0.2, -0.15) is 5.10 Å². The lowest BCUT2D eigenvalue weighted by molar-refractivity contribution is 0.143. The van der Waals surface area contributed by atoms with E-state index in [-0.39, 0.29) is 6.03 Å². The first-order valence-electron chi connectivity index (χ1n) is 8.58. The Bertz CT molecular complexity index is 665. The number of amides is 2. The van der Waals surface area contributed by atoms with E-state index in [0.717, 1.165) is 32.7 Å². The highest BCUT2D eigenvalue weighted by Crippen LogP contribution is 2.11. The Morgan fingerprint density at radius 3 is 2.68 bits per heavy atom. The molecule has 2 aromatic rings. The van der Waals surface area contributed by atoms with Crippen molar-refractivity contribution in [2.45, 2.75) is 13.1 Å². The van der Waals surface area contributed by atoms with Gasteiger partial charge in [-0.15, -0.1) is 0 Å². The van der Waals surface area contributed by atoms with Crippen molar-refractivity contribution in [2.24, 2.45) is 0 Å². The highest BCUT2D eigenvalue weighted by Gasteiger charge is 2.21. The molecule has 1 aliphatic rings. The van der Waals surface area contributed by atoms with Crippen LogP contribution in [0.3, 0.4) is 0 Å². The zero-order valence-electron chi connectivity index (χ0n) is 14.6. The van der Waals surface area contributed by atoms with Gasteiger partial charge < -0.3 is 15.0 Å². The Labute approximate surface area is 148 Å². The normalized spacial score (nSPS) is 15.3. The Hall–Kier alpha value is -2.38. The molecule has 0 unspecified atom stereocenters. The maximum absolute atomic E-state index is 12.4. The molecule has 1 aromatic heterocycles. The number of anilines is 1. The maximum Gasteiger partial charge on any atom is 0.322 e. The van der Waals surface area contributed by atoms with Crippen molar-refractivity contribution in [2.75, 3.05) is 45.2 Å². The van der Waals surface area contributed by atoms with Gasteiger partial charge in [0, 0.05) is 46.0 Å². The Kier molecular flexibility index (Phi) is 6.03. The van der Waals surface area contributed by atoms with Gasteiger partial charge in [0.05, 0.1) is 25.0 Å². The second-order valence-corrected chi connectivity index (χ2v) is 6.16. The van der Waals surface area contributed by atoms with E-state index < -0.39 is 0 Å². The van der Waals surface area contributed by atoms with Crippen LogP contribution in [0.4, 0.5) is 10.5 Å². The number of nitrogens with zero attached hydrogens (tertiary/aromatic N) is 4. The summed E-state index contributed by atoms with van der Waals surface area (Å²) in [6.07, 6.45) is 3.49. The first-order chi connectivity index (χ1) is 12.2. The number of carbonyl (C=O) groups is 1. The van der Waals surface area contributed by atoms with Crippen LogP contribution in [0.2, 0.25) is 0 Å². The minimum atomic E-state index is -0.0642. The lowest BCUT2D eigenvalue weighted by atomic mass is 10.2. The fraction of sp³-hybridized carbons (Fsp3) is 0.444. The van der Waals surface area contributed by atoms with Crippen LogP contribution in [-0.2, 0) is 17.8 Å². The molecule has 0 radical (unpaired) electrons. The van der Waals surface area contributed by atoms with E-state index in [0.29, 0.717) is 18.8 Å². The Balaban J connectivity index is 1.44. The third-order valence-electron chi connectivity index (χ3n) is 4.32. The highest BCUT2D eigenvalue weighted by atomic mass is 16.5. The van der Waals surface area contributed by atoms with E-state index in [9.17, 15) is 4.79 Å². The molecule has 1 N–H and O–H groups in total. The first kappa shape index (κ1) is 17.4. The molecule has 1 saturated heterocycles. The van der Waals surface area contributed by atoms with Crippen molar-refractivity contribution in [1.82, 2.24) is 19.6 Å². The molecule has 1 aromatic carbocycles. The van der Waals surface area contributed by atoms with Crippen molar-refractivity contribution in [1.29, 1.82) is 0 Å². The average Bonchev–Trinajstić information content (AvgIpc) is 3.08. The molecule has 0 aliphatic carbocycles. The molecule has 3 rings (SSSR count).